The van der Waals surface area contributed by atoms with Crippen molar-refractivity contribution in [1.29, 1.82) is 0 Å². The van der Waals surface area contributed by atoms with Gasteiger partial charge in [-0.2, -0.15) is 0 Å². The van der Waals surface area contributed by atoms with Gasteiger partial charge >= 0.3 is 0 Å². The fourth-order valence-corrected chi connectivity index (χ4v) is 3.83. The number of aliphatic imine (C=N–C) groups is 1. The number of hydrogen-bond acceptors (Lipinski definition) is 7. The standard InChI is InChI=1S/C19H17ClN4O5S/c1-29-15-5-3-2-4-11(15)10-21-19-23-18(26)16(30-19)9-17(25)22-14-8-12(24(27)28)6-7-13(14)20/h2-8,16H,9-10H2,1H3,(H,22,25)(H,21,23,26). The van der Waals surface area contributed by atoms with Crippen LogP contribution >= 0.6 is 23.4 Å². The fraction of sp³-hybridized carbons (Fsp3) is 0.211. The number of nitrogens with zero attached hydrogens (tertiary/aromatic N) is 2. The van der Waals surface area contributed by atoms with Crippen molar-refractivity contribution in [2.75, 3.05) is 12.4 Å². The molecule has 2 aromatic rings. The van der Waals surface area contributed by atoms with Crippen LogP contribution in [0.2, 0.25) is 5.02 Å². The molecule has 1 aliphatic rings. The molecule has 156 valence electrons. The summed E-state index contributed by atoms with van der Waals surface area (Å²) >= 11 is 7.14. The number of nitrogens with one attached hydrogen (secondary N) is 2. The van der Waals surface area contributed by atoms with Gasteiger partial charge in [0.25, 0.3) is 5.69 Å². The van der Waals surface area contributed by atoms with Crippen molar-refractivity contribution in [2.45, 2.75) is 18.2 Å². The second kappa shape index (κ2) is 9.59. The van der Waals surface area contributed by atoms with Crippen LogP contribution in [0.4, 0.5) is 11.4 Å². The Morgan fingerprint density at radius 3 is 2.87 bits per heavy atom. The number of nitro groups is 1. The highest BCUT2D eigenvalue weighted by Gasteiger charge is 2.32. The average Bonchev–Trinajstić information content (AvgIpc) is 3.07. The molecule has 0 aromatic heterocycles. The second-order valence-electron chi connectivity index (χ2n) is 6.20. The van der Waals surface area contributed by atoms with Crippen molar-refractivity contribution >= 4 is 51.7 Å². The zero-order chi connectivity index (χ0) is 21.7. The second-order valence-corrected chi connectivity index (χ2v) is 7.80. The third kappa shape index (κ3) is 5.28. The van der Waals surface area contributed by atoms with Crippen molar-refractivity contribution < 1.29 is 19.2 Å². The summed E-state index contributed by atoms with van der Waals surface area (Å²) in [4.78, 5) is 39.2. The van der Waals surface area contributed by atoms with Gasteiger partial charge in [-0.1, -0.05) is 41.6 Å². The first kappa shape index (κ1) is 21.6. The van der Waals surface area contributed by atoms with Crippen LogP contribution in [0.3, 0.4) is 0 Å². The maximum absolute atomic E-state index is 12.3. The van der Waals surface area contributed by atoms with E-state index >= 15 is 0 Å². The van der Waals surface area contributed by atoms with Crippen LogP contribution in [0, 0.1) is 10.1 Å². The first-order valence-corrected chi connectivity index (χ1v) is 10.0. The van der Waals surface area contributed by atoms with E-state index in [-0.39, 0.29) is 28.7 Å². The largest absolute Gasteiger partial charge is 0.496 e. The lowest BCUT2D eigenvalue weighted by Gasteiger charge is -2.09. The Labute approximate surface area is 181 Å². The third-order valence-corrected chi connectivity index (χ3v) is 5.62. The van der Waals surface area contributed by atoms with Gasteiger partial charge in [0, 0.05) is 24.1 Å². The molecule has 1 unspecified atom stereocenters. The normalized spacial score (nSPS) is 16.9. The summed E-state index contributed by atoms with van der Waals surface area (Å²) in [5.74, 6) is -0.129. The molecular weight excluding hydrogens is 432 g/mol. The Morgan fingerprint density at radius 2 is 2.13 bits per heavy atom. The van der Waals surface area contributed by atoms with E-state index in [1.165, 1.54) is 18.2 Å². The van der Waals surface area contributed by atoms with Gasteiger partial charge in [0.05, 0.1) is 29.3 Å². The minimum absolute atomic E-state index is 0.115. The van der Waals surface area contributed by atoms with Crippen molar-refractivity contribution in [3.63, 3.8) is 0 Å². The summed E-state index contributed by atoms with van der Waals surface area (Å²) in [6.07, 6.45) is -0.136. The molecule has 0 spiro atoms. The van der Waals surface area contributed by atoms with Crippen LogP contribution in [-0.4, -0.2) is 34.3 Å². The number of amidine groups is 1. The lowest BCUT2D eigenvalue weighted by Crippen LogP contribution is -2.28. The van der Waals surface area contributed by atoms with E-state index in [1.54, 1.807) is 7.11 Å². The number of nitro benzene ring substituents is 1. The zero-order valence-electron chi connectivity index (χ0n) is 15.8. The molecule has 2 amide bonds. The van der Waals surface area contributed by atoms with Crippen LogP contribution in [0.25, 0.3) is 0 Å². The number of benzene rings is 2. The third-order valence-electron chi connectivity index (χ3n) is 4.17. The molecule has 9 nitrogen and oxygen atoms in total. The molecule has 1 atom stereocenters. The van der Waals surface area contributed by atoms with Crippen LogP contribution in [0.15, 0.2) is 47.5 Å². The number of methoxy groups -OCH3 is 1. The van der Waals surface area contributed by atoms with Crippen LogP contribution in [0.5, 0.6) is 5.75 Å². The Balaban J connectivity index is 1.61. The minimum Gasteiger partial charge on any atom is -0.496 e. The molecule has 1 aliphatic heterocycles. The molecule has 2 N–H and O–H groups in total. The highest BCUT2D eigenvalue weighted by molar-refractivity contribution is 8.15. The van der Waals surface area contributed by atoms with Gasteiger partial charge in [-0.15, -0.1) is 0 Å². The highest BCUT2D eigenvalue weighted by Crippen LogP contribution is 2.28. The number of hydrogen-bond donors (Lipinski definition) is 2. The zero-order valence-corrected chi connectivity index (χ0v) is 17.3. The maximum Gasteiger partial charge on any atom is 0.271 e. The SMILES string of the molecule is COc1ccccc1CN=C1NC(=O)C(CC(=O)Nc2cc([N+](=O)[O-])ccc2Cl)S1. The van der Waals surface area contributed by atoms with Gasteiger partial charge in [-0.25, -0.2) is 0 Å². The Bertz CT molecular complexity index is 1030. The van der Waals surface area contributed by atoms with E-state index in [9.17, 15) is 19.7 Å². The molecule has 0 aliphatic carbocycles. The van der Waals surface area contributed by atoms with Crippen LogP contribution < -0.4 is 15.4 Å². The van der Waals surface area contributed by atoms with E-state index in [4.69, 9.17) is 16.3 Å². The molecule has 0 saturated carbocycles. The molecule has 0 radical (unpaired) electrons. The molecule has 2 aromatic carbocycles. The summed E-state index contributed by atoms with van der Waals surface area (Å²) < 4.78 is 5.28. The average molecular weight is 449 g/mol. The topological polar surface area (TPSA) is 123 Å². The summed E-state index contributed by atoms with van der Waals surface area (Å²) in [5, 5.41) is 16.0. The van der Waals surface area contributed by atoms with E-state index in [0.29, 0.717) is 17.5 Å². The lowest BCUT2D eigenvalue weighted by atomic mass is 10.2. The van der Waals surface area contributed by atoms with Crippen molar-refractivity contribution in [2.24, 2.45) is 4.99 Å². The molecule has 0 bridgehead atoms. The Morgan fingerprint density at radius 1 is 1.37 bits per heavy atom. The van der Waals surface area contributed by atoms with E-state index in [1.807, 2.05) is 24.3 Å². The molecule has 3 rings (SSSR count). The van der Waals surface area contributed by atoms with Gasteiger partial charge in [0.1, 0.15) is 11.0 Å². The van der Waals surface area contributed by atoms with E-state index < -0.39 is 16.1 Å². The van der Waals surface area contributed by atoms with Gasteiger partial charge in [-0.3, -0.25) is 24.7 Å². The molecule has 1 fully saturated rings. The Hall–Kier alpha value is -3.11. The molecule has 11 heteroatoms. The van der Waals surface area contributed by atoms with Gasteiger partial charge in [-0.05, 0) is 12.1 Å². The minimum atomic E-state index is -0.668. The number of para-hydroxylation sites is 1. The Kier molecular flexibility index (Phi) is 6.91. The number of non-ortho nitro benzene ring substituents is 1. The molecule has 30 heavy (non-hydrogen) atoms. The summed E-state index contributed by atoms with van der Waals surface area (Å²) in [6, 6.07) is 11.1. The monoisotopic (exact) mass is 448 g/mol. The summed E-state index contributed by atoms with van der Waals surface area (Å²) in [7, 11) is 1.57. The number of thioether (sulfide) groups is 1. The van der Waals surface area contributed by atoms with Crippen molar-refractivity contribution in [1.82, 2.24) is 5.32 Å². The maximum atomic E-state index is 12.3. The van der Waals surface area contributed by atoms with Gasteiger partial charge in [0.2, 0.25) is 11.8 Å². The molecule has 1 heterocycles. The molecule has 1 saturated heterocycles. The van der Waals surface area contributed by atoms with Gasteiger partial charge < -0.3 is 15.4 Å². The predicted octanol–water partition coefficient (Wildman–Crippen LogP) is 3.37. The number of ether oxygens (including phenoxy) is 1. The number of carbonyl (C=O) groups is 2. The molecular formula is C19H17ClN4O5S. The number of amides is 2. The predicted molar refractivity (Wildman–Crippen MR) is 115 cm³/mol. The van der Waals surface area contributed by atoms with Gasteiger partial charge in [0.15, 0.2) is 5.17 Å². The van der Waals surface area contributed by atoms with E-state index in [2.05, 4.69) is 15.6 Å². The number of anilines is 1. The lowest BCUT2D eigenvalue weighted by molar-refractivity contribution is -0.384. The van der Waals surface area contributed by atoms with Crippen molar-refractivity contribution in [3.8, 4) is 5.75 Å². The first-order chi connectivity index (χ1) is 14.4. The number of halogens is 1. The van der Waals surface area contributed by atoms with Crippen molar-refractivity contribution in [3.05, 3.63) is 63.2 Å². The van der Waals surface area contributed by atoms with Crippen LogP contribution in [0.1, 0.15) is 12.0 Å². The fourth-order valence-electron chi connectivity index (χ4n) is 2.70. The highest BCUT2D eigenvalue weighted by atomic mass is 35.5. The number of rotatable bonds is 7. The number of carbonyl (C=O) groups excluding carboxylic acids is 2. The quantitative estimate of drug-likeness (QED) is 0.494. The summed E-state index contributed by atoms with van der Waals surface area (Å²) in [5.41, 5.74) is 0.779. The summed E-state index contributed by atoms with van der Waals surface area (Å²) in [6.45, 7) is 0.314. The van der Waals surface area contributed by atoms with E-state index in [0.717, 1.165) is 17.3 Å². The first-order valence-electron chi connectivity index (χ1n) is 8.75. The van der Waals surface area contributed by atoms with Crippen LogP contribution in [-0.2, 0) is 16.1 Å². The smallest absolute Gasteiger partial charge is 0.271 e.